The lowest BCUT2D eigenvalue weighted by molar-refractivity contribution is 0.0974. The third-order valence-corrected chi connectivity index (χ3v) is 3.22. The van der Waals surface area contributed by atoms with Crippen LogP contribution in [-0.4, -0.2) is 23.8 Å². The molecule has 1 saturated carbocycles. The fourth-order valence-electron chi connectivity index (χ4n) is 2.32. The van der Waals surface area contributed by atoms with Crippen LogP contribution in [0.4, 0.5) is 0 Å². The second kappa shape index (κ2) is 3.30. The monoisotopic (exact) mass is 177 g/mol. The summed E-state index contributed by atoms with van der Waals surface area (Å²) in [6.45, 7) is 1.50. The van der Waals surface area contributed by atoms with Crippen LogP contribution in [0.1, 0.15) is 25.7 Å². The Morgan fingerprint density at radius 3 is 2.55 bits per heavy atom. The van der Waals surface area contributed by atoms with E-state index in [1.165, 1.54) is 25.7 Å². The summed E-state index contributed by atoms with van der Waals surface area (Å²) in [6, 6.07) is 0. The number of hydrogen-bond donors (Lipinski definition) is 2. The van der Waals surface area contributed by atoms with Crippen molar-refractivity contribution in [3.8, 4) is 0 Å². The molecule has 2 nitrogen and oxygen atoms in total. The van der Waals surface area contributed by atoms with Crippen molar-refractivity contribution in [2.24, 2.45) is 5.92 Å². The summed E-state index contributed by atoms with van der Waals surface area (Å²) in [4.78, 5) is 0. The lowest BCUT2D eigenvalue weighted by atomic mass is 9.70. The number of aliphatic hydroxyl groups excluding tert-OH is 1. The van der Waals surface area contributed by atoms with Crippen molar-refractivity contribution in [2.75, 3.05) is 13.2 Å². The van der Waals surface area contributed by atoms with Gasteiger partial charge in [-0.1, -0.05) is 0 Å². The molecule has 11 heavy (non-hydrogen) atoms. The largest absolute Gasteiger partial charge is 0.396 e. The summed E-state index contributed by atoms with van der Waals surface area (Å²) in [7, 11) is 0. The first-order chi connectivity index (χ1) is 4.87. The van der Waals surface area contributed by atoms with E-state index in [0.29, 0.717) is 18.1 Å². The summed E-state index contributed by atoms with van der Waals surface area (Å²) in [5.41, 5.74) is 0.384. The Morgan fingerprint density at radius 2 is 2.18 bits per heavy atom. The molecule has 0 radical (unpaired) electrons. The first kappa shape index (κ1) is 9.30. The molecule has 0 aromatic rings. The Labute approximate surface area is 73.8 Å². The lowest BCUT2D eigenvalue weighted by Crippen LogP contribution is -2.51. The molecule has 0 bridgehead atoms. The summed E-state index contributed by atoms with van der Waals surface area (Å²) in [5.74, 6) is 0.557. The Hall–Kier alpha value is 0.210. The third-order valence-electron chi connectivity index (χ3n) is 3.22. The zero-order chi connectivity index (χ0) is 7.03. The van der Waals surface area contributed by atoms with Crippen molar-refractivity contribution in [2.45, 2.75) is 31.2 Å². The minimum Gasteiger partial charge on any atom is -0.396 e. The van der Waals surface area contributed by atoms with Crippen LogP contribution in [-0.2, 0) is 0 Å². The lowest BCUT2D eigenvalue weighted by Gasteiger charge is -2.43. The average Bonchev–Trinajstić information content (AvgIpc) is 2.27. The van der Waals surface area contributed by atoms with E-state index in [0.717, 1.165) is 6.54 Å². The van der Waals surface area contributed by atoms with Gasteiger partial charge in [-0.05, 0) is 32.2 Å². The van der Waals surface area contributed by atoms with Crippen LogP contribution in [0.25, 0.3) is 0 Å². The van der Waals surface area contributed by atoms with Crippen LogP contribution < -0.4 is 5.32 Å². The number of hydrogen-bond acceptors (Lipinski definition) is 2. The van der Waals surface area contributed by atoms with E-state index in [1.807, 2.05) is 0 Å². The molecule has 2 fully saturated rings. The second-order valence-electron chi connectivity index (χ2n) is 3.60. The summed E-state index contributed by atoms with van der Waals surface area (Å²) in [6.07, 6.45) is 5.11. The van der Waals surface area contributed by atoms with Crippen molar-refractivity contribution in [3.63, 3.8) is 0 Å². The van der Waals surface area contributed by atoms with E-state index < -0.39 is 0 Å². The highest BCUT2D eigenvalue weighted by Crippen LogP contribution is 2.42. The van der Waals surface area contributed by atoms with Gasteiger partial charge >= 0.3 is 0 Å². The molecule has 3 heteroatoms. The Bertz CT molecular complexity index is 136. The zero-order valence-electron chi connectivity index (χ0n) is 6.68. The predicted molar refractivity (Wildman–Crippen MR) is 47.0 cm³/mol. The van der Waals surface area contributed by atoms with E-state index in [2.05, 4.69) is 5.32 Å². The molecule has 1 spiro atoms. The van der Waals surface area contributed by atoms with Crippen molar-refractivity contribution < 1.29 is 5.11 Å². The Morgan fingerprint density at radius 1 is 1.45 bits per heavy atom. The normalized spacial score (nSPS) is 33.0. The van der Waals surface area contributed by atoms with E-state index in [9.17, 15) is 0 Å². The molecule has 1 saturated heterocycles. The van der Waals surface area contributed by atoms with E-state index in [4.69, 9.17) is 5.11 Å². The van der Waals surface area contributed by atoms with Crippen LogP contribution in [0.15, 0.2) is 0 Å². The fraction of sp³-hybridized carbons (Fsp3) is 1.00. The highest BCUT2D eigenvalue weighted by molar-refractivity contribution is 5.85. The van der Waals surface area contributed by atoms with Crippen LogP contribution in [0.3, 0.4) is 0 Å². The van der Waals surface area contributed by atoms with Crippen molar-refractivity contribution in [1.29, 1.82) is 0 Å². The number of nitrogens with one attached hydrogen (secondary N) is 1. The average molecular weight is 178 g/mol. The Balaban J connectivity index is 0.000000605. The van der Waals surface area contributed by atoms with Crippen LogP contribution in [0, 0.1) is 5.92 Å². The minimum atomic E-state index is 0. The molecule has 1 aliphatic heterocycles. The van der Waals surface area contributed by atoms with Crippen molar-refractivity contribution >= 4 is 12.4 Å². The Kier molecular flexibility index (Phi) is 2.79. The van der Waals surface area contributed by atoms with Crippen molar-refractivity contribution in [1.82, 2.24) is 5.32 Å². The number of halogens is 1. The van der Waals surface area contributed by atoms with Gasteiger partial charge in [0.25, 0.3) is 0 Å². The first-order valence-corrected chi connectivity index (χ1v) is 4.23. The topological polar surface area (TPSA) is 32.3 Å². The van der Waals surface area contributed by atoms with Gasteiger partial charge < -0.3 is 10.4 Å². The number of rotatable bonds is 1. The van der Waals surface area contributed by atoms with Crippen molar-refractivity contribution in [3.05, 3.63) is 0 Å². The van der Waals surface area contributed by atoms with Gasteiger partial charge in [0, 0.05) is 18.1 Å². The minimum absolute atomic E-state index is 0. The standard InChI is InChI=1S/C8H15NO.ClH/c10-6-7-2-5-9-8(7)3-1-4-8;/h7,9-10H,1-6H2;1H. The van der Waals surface area contributed by atoms with Crippen LogP contribution in [0.2, 0.25) is 0 Å². The summed E-state index contributed by atoms with van der Waals surface area (Å²) < 4.78 is 0. The van der Waals surface area contributed by atoms with Gasteiger partial charge in [0.2, 0.25) is 0 Å². The quantitative estimate of drug-likeness (QED) is 0.625. The maximum atomic E-state index is 9.03. The van der Waals surface area contributed by atoms with Gasteiger partial charge in [0.1, 0.15) is 0 Å². The van der Waals surface area contributed by atoms with E-state index >= 15 is 0 Å². The fourth-order valence-corrected chi connectivity index (χ4v) is 2.32. The molecule has 0 aromatic carbocycles. The van der Waals surface area contributed by atoms with Crippen LogP contribution >= 0.6 is 12.4 Å². The summed E-state index contributed by atoms with van der Waals surface area (Å²) >= 11 is 0. The van der Waals surface area contributed by atoms with Gasteiger partial charge in [-0.3, -0.25) is 0 Å². The highest BCUT2D eigenvalue weighted by Gasteiger charge is 2.46. The molecule has 66 valence electrons. The molecular formula is C8H16ClNO. The third kappa shape index (κ3) is 1.28. The predicted octanol–water partition coefficient (Wildman–Crippen LogP) is 0.933. The highest BCUT2D eigenvalue weighted by atomic mass is 35.5. The molecule has 1 heterocycles. The smallest absolute Gasteiger partial charge is 0.0477 e. The van der Waals surface area contributed by atoms with E-state index in [1.54, 1.807) is 0 Å². The maximum absolute atomic E-state index is 9.03. The second-order valence-corrected chi connectivity index (χ2v) is 3.60. The summed E-state index contributed by atoms with van der Waals surface area (Å²) in [5, 5.41) is 12.5. The van der Waals surface area contributed by atoms with Crippen LogP contribution in [0.5, 0.6) is 0 Å². The molecular weight excluding hydrogens is 162 g/mol. The SMILES string of the molecule is Cl.OCC1CCNC12CCC2. The molecule has 0 aromatic heterocycles. The van der Waals surface area contributed by atoms with Gasteiger partial charge in [-0.25, -0.2) is 0 Å². The molecule has 2 rings (SSSR count). The van der Waals surface area contributed by atoms with Gasteiger partial charge in [-0.2, -0.15) is 0 Å². The molecule has 0 amide bonds. The molecule has 1 unspecified atom stereocenters. The van der Waals surface area contributed by atoms with Gasteiger partial charge in [0.05, 0.1) is 0 Å². The molecule has 2 N–H and O–H groups in total. The van der Waals surface area contributed by atoms with Gasteiger partial charge in [-0.15, -0.1) is 12.4 Å². The number of aliphatic hydroxyl groups is 1. The zero-order valence-corrected chi connectivity index (χ0v) is 7.49. The van der Waals surface area contributed by atoms with E-state index in [-0.39, 0.29) is 12.4 Å². The first-order valence-electron chi connectivity index (χ1n) is 4.23. The maximum Gasteiger partial charge on any atom is 0.0477 e. The molecule has 2 aliphatic rings. The molecule has 1 aliphatic carbocycles. The van der Waals surface area contributed by atoms with Gasteiger partial charge in [0.15, 0.2) is 0 Å². The molecule has 1 atom stereocenters.